The van der Waals surface area contributed by atoms with E-state index in [0.717, 1.165) is 12.2 Å². The normalized spacial score (nSPS) is 40.9. The van der Waals surface area contributed by atoms with E-state index in [2.05, 4.69) is 0 Å². The molecule has 186 valence electrons. The number of aromatic hydroxyl groups is 1. The predicted molar refractivity (Wildman–Crippen MR) is 118 cm³/mol. The van der Waals surface area contributed by atoms with E-state index in [1.807, 2.05) is 0 Å². The molecule has 0 bridgehead atoms. The second-order valence-corrected chi connectivity index (χ2v) is 10.2. The van der Waals surface area contributed by atoms with Crippen LogP contribution >= 0.6 is 0 Å². The van der Waals surface area contributed by atoms with Crippen molar-refractivity contribution in [3.8, 4) is 5.75 Å². The molecule has 0 amide bonds. The fourth-order valence-electron chi connectivity index (χ4n) is 5.82. The first-order valence-corrected chi connectivity index (χ1v) is 11.3. The number of phenolic OH excluding ortho intramolecular Hbond substituents is 1. The molecule has 1 saturated carbocycles. The number of phenols is 1. The zero-order valence-corrected chi connectivity index (χ0v) is 19.1. The molecule has 3 aliphatic carbocycles. The molecule has 1 saturated heterocycles. The molecule has 1 aromatic carbocycles. The fraction of sp³-hybridized carbons (Fsp3) is 0.480. The second-order valence-electron chi connectivity index (χ2n) is 10.2. The Hall–Kier alpha value is -2.73. The molecule has 0 aromatic heterocycles. The first-order valence-electron chi connectivity index (χ1n) is 11.3. The largest absolute Gasteiger partial charge is 0.507 e. The number of hydrogen-bond donors (Lipinski definition) is 6. The van der Waals surface area contributed by atoms with Crippen LogP contribution in [0.4, 0.5) is 0 Å². The number of Topliss-reactive ketones (excluding diaryl/α,β-unsaturated/α-hetero) is 3. The summed E-state index contributed by atoms with van der Waals surface area (Å²) >= 11 is 0. The van der Waals surface area contributed by atoms with Crippen molar-refractivity contribution < 1.29 is 49.8 Å². The Bertz CT molecular complexity index is 1230. The minimum Gasteiger partial charge on any atom is -0.507 e. The number of hydrogen-bond acceptors (Lipinski definition) is 10. The Morgan fingerprint density at radius 3 is 2.40 bits per heavy atom. The van der Waals surface area contributed by atoms with Gasteiger partial charge in [-0.3, -0.25) is 14.4 Å². The number of carbonyl (C=O) groups is 3. The Kier molecular flexibility index (Phi) is 5.06. The number of benzene rings is 1. The van der Waals surface area contributed by atoms with Crippen LogP contribution in [0.2, 0.25) is 0 Å². The number of aliphatic hydroxyl groups excluding tert-OH is 2. The number of carbonyl (C=O) groups excluding carboxylic acids is 3. The molecular weight excluding hydrogens is 460 g/mol. The minimum atomic E-state index is -2.75. The van der Waals surface area contributed by atoms with Crippen molar-refractivity contribution in [2.24, 2.45) is 0 Å². The van der Waals surface area contributed by atoms with Crippen molar-refractivity contribution in [2.45, 2.75) is 74.3 Å². The van der Waals surface area contributed by atoms with E-state index in [4.69, 9.17) is 4.74 Å². The third kappa shape index (κ3) is 3.15. The van der Waals surface area contributed by atoms with E-state index in [9.17, 15) is 45.0 Å². The van der Waals surface area contributed by atoms with Crippen LogP contribution in [0.5, 0.6) is 5.75 Å². The average Bonchev–Trinajstić information content (AvgIpc) is 2.75. The zero-order chi connectivity index (χ0) is 25.7. The van der Waals surface area contributed by atoms with E-state index in [1.165, 1.54) is 19.1 Å². The summed E-state index contributed by atoms with van der Waals surface area (Å²) < 4.78 is 5.70. The first kappa shape index (κ1) is 24.0. The summed E-state index contributed by atoms with van der Waals surface area (Å²) in [5.74, 6) is -3.30. The molecule has 0 radical (unpaired) electrons. The average molecular weight is 486 g/mol. The summed E-state index contributed by atoms with van der Waals surface area (Å²) in [5, 5.41) is 64.1. The van der Waals surface area contributed by atoms with Gasteiger partial charge in [-0.1, -0.05) is 12.1 Å². The minimum absolute atomic E-state index is 0.0605. The summed E-state index contributed by atoms with van der Waals surface area (Å²) in [6.45, 7) is 2.88. The van der Waals surface area contributed by atoms with E-state index in [0.29, 0.717) is 0 Å². The van der Waals surface area contributed by atoms with Crippen LogP contribution in [0.3, 0.4) is 0 Å². The van der Waals surface area contributed by atoms with Crippen LogP contribution in [-0.2, 0) is 9.53 Å². The van der Waals surface area contributed by atoms with Crippen LogP contribution in [0, 0.1) is 0 Å². The number of aliphatic hydroxyl groups is 5. The Morgan fingerprint density at radius 2 is 1.74 bits per heavy atom. The standard InChI is InChI=1S/C25H26O10/c1-10-19(28)14(26)7-15(35-10)11-3-4-12-17(20(11)29)21(30)13-5-6-24(33)9-23(2,32)8-16(27)25(24,34)18(13)22(12)31/h3-6,10,14-15,19,26,28-29,32-34H,7-9H2,1-2H3/t10-,14-,15?,19-,23+,24+,25+/m1/s1. The quantitative estimate of drug-likeness (QED) is 0.311. The van der Waals surface area contributed by atoms with Gasteiger partial charge < -0.3 is 35.4 Å². The molecule has 5 rings (SSSR count). The number of fused-ring (bicyclic) bond motifs is 3. The highest BCUT2D eigenvalue weighted by atomic mass is 16.5. The van der Waals surface area contributed by atoms with E-state index >= 15 is 0 Å². The van der Waals surface area contributed by atoms with Crippen LogP contribution in [0.1, 0.15) is 65.5 Å². The number of ether oxygens (including phenoxy) is 1. The van der Waals surface area contributed by atoms with E-state index in [1.54, 1.807) is 6.92 Å². The third-order valence-electron chi connectivity index (χ3n) is 7.59. The lowest BCUT2D eigenvalue weighted by atomic mass is 9.57. The van der Waals surface area contributed by atoms with Crippen molar-refractivity contribution in [3.05, 3.63) is 52.1 Å². The van der Waals surface area contributed by atoms with Gasteiger partial charge in [0.15, 0.2) is 23.0 Å². The van der Waals surface area contributed by atoms with Crippen molar-refractivity contribution in [1.29, 1.82) is 0 Å². The highest BCUT2D eigenvalue weighted by Crippen LogP contribution is 2.51. The molecule has 6 N–H and O–H groups in total. The lowest BCUT2D eigenvalue weighted by Crippen LogP contribution is -2.69. The molecule has 1 unspecified atom stereocenters. The molecule has 1 aromatic rings. The maximum atomic E-state index is 13.5. The summed E-state index contributed by atoms with van der Waals surface area (Å²) in [4.78, 5) is 40.0. The highest BCUT2D eigenvalue weighted by Gasteiger charge is 2.66. The van der Waals surface area contributed by atoms with Crippen LogP contribution < -0.4 is 0 Å². The van der Waals surface area contributed by atoms with Crippen molar-refractivity contribution in [3.63, 3.8) is 0 Å². The molecule has 35 heavy (non-hydrogen) atoms. The van der Waals surface area contributed by atoms with Gasteiger partial charge in [0, 0.05) is 36.0 Å². The van der Waals surface area contributed by atoms with Crippen molar-refractivity contribution in [2.75, 3.05) is 0 Å². The zero-order valence-electron chi connectivity index (χ0n) is 19.1. The predicted octanol–water partition coefficient (Wildman–Crippen LogP) is -0.215. The van der Waals surface area contributed by atoms with Gasteiger partial charge in [-0.25, -0.2) is 0 Å². The summed E-state index contributed by atoms with van der Waals surface area (Å²) in [6, 6.07) is 2.60. The van der Waals surface area contributed by atoms with Gasteiger partial charge in [0.05, 0.1) is 35.0 Å². The lowest BCUT2D eigenvalue weighted by molar-refractivity contribution is -0.183. The van der Waals surface area contributed by atoms with Gasteiger partial charge >= 0.3 is 0 Å². The molecular formula is C25H26O10. The Labute approximate surface area is 199 Å². The topological polar surface area (TPSA) is 182 Å². The van der Waals surface area contributed by atoms with Crippen LogP contribution in [-0.4, -0.2) is 83.1 Å². The van der Waals surface area contributed by atoms with Gasteiger partial charge in [-0.05, 0) is 26.0 Å². The van der Waals surface area contributed by atoms with Crippen LogP contribution in [0.25, 0.3) is 0 Å². The maximum absolute atomic E-state index is 13.5. The second kappa shape index (κ2) is 7.39. The molecule has 4 aliphatic rings. The molecule has 7 atom stereocenters. The van der Waals surface area contributed by atoms with E-state index in [-0.39, 0.29) is 28.7 Å². The van der Waals surface area contributed by atoms with Gasteiger partial charge in [-0.15, -0.1) is 0 Å². The fourth-order valence-corrected chi connectivity index (χ4v) is 5.82. The summed E-state index contributed by atoms with van der Waals surface area (Å²) in [6.07, 6.45) is -2.78. The number of allylic oxidation sites excluding steroid dienone is 2. The number of rotatable bonds is 1. The lowest BCUT2D eigenvalue weighted by Gasteiger charge is -2.51. The van der Waals surface area contributed by atoms with Gasteiger partial charge in [0.1, 0.15) is 17.5 Å². The molecule has 1 heterocycles. The smallest absolute Gasteiger partial charge is 0.198 e. The highest BCUT2D eigenvalue weighted by molar-refractivity contribution is 6.31. The molecule has 1 aliphatic heterocycles. The molecule has 10 heteroatoms. The van der Waals surface area contributed by atoms with Gasteiger partial charge in [-0.2, -0.15) is 0 Å². The molecule has 0 spiro atoms. The third-order valence-corrected chi connectivity index (χ3v) is 7.59. The Morgan fingerprint density at radius 1 is 1.06 bits per heavy atom. The van der Waals surface area contributed by atoms with Crippen molar-refractivity contribution >= 4 is 17.3 Å². The SMILES string of the molecule is C[C@H]1OC(c2ccc3c(c2O)C(=O)C2=C(C3=O)[C@@]3(O)C(=O)C[C@](C)(O)C[C@@]3(O)C=C2)C[C@@H](O)[C@@H]1O. The molecule has 2 fully saturated rings. The summed E-state index contributed by atoms with van der Waals surface area (Å²) in [5.41, 5.74) is -8.12. The number of ketones is 3. The molecule has 10 nitrogen and oxygen atoms in total. The van der Waals surface area contributed by atoms with Crippen molar-refractivity contribution in [1.82, 2.24) is 0 Å². The van der Waals surface area contributed by atoms with Gasteiger partial charge in [0.2, 0.25) is 0 Å². The van der Waals surface area contributed by atoms with E-state index < -0.39 is 82.7 Å². The van der Waals surface area contributed by atoms with Crippen LogP contribution in [0.15, 0.2) is 35.4 Å². The summed E-state index contributed by atoms with van der Waals surface area (Å²) in [7, 11) is 0. The maximum Gasteiger partial charge on any atom is 0.198 e. The first-order chi connectivity index (χ1) is 16.2. The monoisotopic (exact) mass is 486 g/mol. The van der Waals surface area contributed by atoms with Gasteiger partial charge in [0.25, 0.3) is 0 Å². The Balaban J connectivity index is 1.62.